The summed E-state index contributed by atoms with van der Waals surface area (Å²) in [5.74, 6) is -1.70. The smallest absolute Gasteiger partial charge is 0.323 e. The Morgan fingerprint density at radius 1 is 0.806 bits per heavy atom. The van der Waals surface area contributed by atoms with Gasteiger partial charge in [-0.2, -0.15) is 0 Å². The third-order valence-corrected chi connectivity index (χ3v) is 5.93. The van der Waals surface area contributed by atoms with Crippen LogP contribution in [0.5, 0.6) is 5.75 Å². The number of para-hydroxylation sites is 1. The van der Waals surface area contributed by atoms with Crippen LogP contribution in [-0.4, -0.2) is 60.2 Å². The number of benzene rings is 1. The fourth-order valence-electron chi connectivity index (χ4n) is 2.78. The Kier molecular flexibility index (Phi) is 14.3. The molecule has 0 aliphatic rings. The van der Waals surface area contributed by atoms with E-state index in [1.165, 1.54) is 0 Å². The first-order valence-corrected chi connectivity index (χ1v) is 12.8. The topological polar surface area (TPSA) is 168 Å². The number of hydrogen-bond acceptors (Lipinski definition) is 11. The summed E-state index contributed by atoms with van der Waals surface area (Å²) >= 11 is 0. The molecule has 0 spiro atoms. The monoisotopic (exact) mass is 522 g/mol. The van der Waals surface area contributed by atoms with Crippen molar-refractivity contribution in [1.29, 1.82) is 10.8 Å². The number of carbonyl (C=O) groups excluding carboxylic acids is 4. The van der Waals surface area contributed by atoms with E-state index in [-0.39, 0.29) is 25.7 Å². The van der Waals surface area contributed by atoms with Crippen molar-refractivity contribution in [3.8, 4) is 5.75 Å². The van der Waals surface area contributed by atoms with E-state index in [1.807, 2.05) is 0 Å². The van der Waals surface area contributed by atoms with Crippen LogP contribution in [0.15, 0.2) is 30.3 Å². The summed E-state index contributed by atoms with van der Waals surface area (Å²) in [7, 11) is -1.94. The molecule has 0 aliphatic heterocycles. The zero-order valence-electron chi connectivity index (χ0n) is 21.0. The molecule has 4 N–H and O–H groups in total. The Bertz CT molecular complexity index is 844. The SMILES string of the molecule is CC(C)OC(=O)C(CCC(=O)C=N)NP(NC(CCC(=O)C=N)C(=O)OC(C)C)Oc1ccccc1. The van der Waals surface area contributed by atoms with Crippen LogP contribution in [0.4, 0.5) is 0 Å². The molecule has 1 aromatic carbocycles. The van der Waals surface area contributed by atoms with Crippen molar-refractivity contribution < 1.29 is 33.2 Å². The molecule has 1 aromatic rings. The largest absolute Gasteiger partial charge is 0.462 e. The van der Waals surface area contributed by atoms with Gasteiger partial charge in [-0.15, -0.1) is 0 Å². The molecule has 0 aromatic heterocycles. The summed E-state index contributed by atoms with van der Waals surface area (Å²) in [6, 6.07) is 6.73. The number of nitrogens with one attached hydrogen (secondary N) is 4. The molecule has 2 atom stereocenters. The van der Waals surface area contributed by atoms with Crippen molar-refractivity contribution in [1.82, 2.24) is 10.2 Å². The molecule has 0 radical (unpaired) electrons. The highest BCUT2D eigenvalue weighted by Gasteiger charge is 2.31. The maximum atomic E-state index is 12.8. The lowest BCUT2D eigenvalue weighted by Crippen LogP contribution is -2.44. The summed E-state index contributed by atoms with van der Waals surface area (Å²) < 4.78 is 16.7. The van der Waals surface area contributed by atoms with Crippen molar-refractivity contribution in [2.75, 3.05) is 0 Å². The molecule has 12 heteroatoms. The average molecular weight is 523 g/mol. The Balaban J connectivity index is 3.22. The van der Waals surface area contributed by atoms with E-state index in [2.05, 4.69) is 10.2 Å². The number of rotatable bonds is 18. The molecule has 198 valence electrons. The Morgan fingerprint density at radius 2 is 1.22 bits per heavy atom. The number of ketones is 2. The minimum Gasteiger partial charge on any atom is -0.462 e. The van der Waals surface area contributed by atoms with Crippen molar-refractivity contribution in [2.24, 2.45) is 0 Å². The van der Waals surface area contributed by atoms with Crippen LogP contribution in [0.25, 0.3) is 0 Å². The predicted octanol–water partition coefficient (Wildman–Crippen LogP) is 3.11. The summed E-state index contributed by atoms with van der Waals surface area (Å²) in [6.07, 6.45) is 0.476. The Hall–Kier alpha value is -3.01. The maximum Gasteiger partial charge on any atom is 0.323 e. The van der Waals surface area contributed by atoms with Gasteiger partial charge in [-0.25, -0.2) is 10.2 Å². The second-order valence-corrected chi connectivity index (χ2v) is 9.62. The molecular weight excluding hydrogens is 487 g/mol. The molecule has 0 saturated heterocycles. The third kappa shape index (κ3) is 12.6. The van der Waals surface area contributed by atoms with Crippen LogP contribution in [0.3, 0.4) is 0 Å². The zero-order valence-corrected chi connectivity index (χ0v) is 21.9. The normalized spacial score (nSPS) is 13.4. The van der Waals surface area contributed by atoms with Crippen LogP contribution in [-0.2, 0) is 28.7 Å². The standard InChI is InChI=1S/C24H35N4O7P/c1-16(2)33-23(31)21(12-10-18(29)14-25)27-36(35-20-8-6-5-7-9-20)28-22(13-11-19(30)15-26)24(32)34-17(3)4/h5-9,14-17,21-22,25-28H,10-13H2,1-4H3. The quantitative estimate of drug-likeness (QED) is 0.129. The number of carbonyl (C=O) groups is 4. The molecule has 1 rings (SSSR count). The second kappa shape index (κ2) is 16.6. The molecule has 0 amide bonds. The number of hydrogen-bond donors (Lipinski definition) is 4. The van der Waals surface area contributed by atoms with Crippen molar-refractivity contribution in [3.05, 3.63) is 30.3 Å². The van der Waals surface area contributed by atoms with Gasteiger partial charge in [-0.1, -0.05) is 18.2 Å². The van der Waals surface area contributed by atoms with Crippen LogP contribution >= 0.6 is 8.45 Å². The van der Waals surface area contributed by atoms with E-state index in [1.54, 1.807) is 58.0 Å². The first-order valence-electron chi connectivity index (χ1n) is 11.6. The average Bonchev–Trinajstić information content (AvgIpc) is 2.83. The lowest BCUT2D eigenvalue weighted by Gasteiger charge is -2.28. The number of Topliss-reactive ketones (excluding diaryl/α,β-unsaturated/α-hetero) is 2. The third-order valence-electron chi connectivity index (χ3n) is 4.44. The van der Waals surface area contributed by atoms with Gasteiger partial charge in [0.05, 0.1) is 24.6 Å². The fraction of sp³-hybridized carbons (Fsp3) is 0.500. The lowest BCUT2D eigenvalue weighted by atomic mass is 10.1. The lowest BCUT2D eigenvalue weighted by molar-refractivity contribution is -0.150. The summed E-state index contributed by atoms with van der Waals surface area (Å²) in [4.78, 5) is 49.0. The van der Waals surface area contributed by atoms with Gasteiger partial charge in [0.2, 0.25) is 8.45 Å². The van der Waals surface area contributed by atoms with Crippen molar-refractivity contribution in [3.63, 3.8) is 0 Å². The van der Waals surface area contributed by atoms with Crippen LogP contribution < -0.4 is 14.7 Å². The molecule has 0 bridgehead atoms. The van der Waals surface area contributed by atoms with Gasteiger partial charge in [0.1, 0.15) is 17.8 Å². The highest BCUT2D eigenvalue weighted by molar-refractivity contribution is 7.48. The highest BCUT2D eigenvalue weighted by Crippen LogP contribution is 2.33. The summed E-state index contributed by atoms with van der Waals surface area (Å²) in [5.41, 5.74) is 0. The Labute approximate surface area is 212 Å². The van der Waals surface area contributed by atoms with E-state index in [0.29, 0.717) is 18.2 Å². The zero-order chi connectivity index (χ0) is 27.1. The molecule has 0 heterocycles. The molecule has 0 saturated carbocycles. The van der Waals surface area contributed by atoms with Gasteiger partial charge in [0.25, 0.3) is 0 Å². The number of ether oxygens (including phenoxy) is 2. The van der Waals surface area contributed by atoms with Crippen LogP contribution in [0.1, 0.15) is 53.4 Å². The molecule has 0 aliphatic carbocycles. The molecule has 2 unspecified atom stereocenters. The summed E-state index contributed by atoms with van der Waals surface area (Å²) in [5, 5.41) is 20.3. The van der Waals surface area contributed by atoms with Gasteiger partial charge >= 0.3 is 11.9 Å². The van der Waals surface area contributed by atoms with E-state index in [4.69, 9.17) is 24.8 Å². The van der Waals surface area contributed by atoms with E-state index < -0.39 is 56.2 Å². The van der Waals surface area contributed by atoms with E-state index >= 15 is 0 Å². The van der Waals surface area contributed by atoms with E-state index in [9.17, 15) is 19.2 Å². The fourth-order valence-corrected chi connectivity index (χ4v) is 4.32. The Morgan fingerprint density at radius 3 is 1.58 bits per heavy atom. The first-order chi connectivity index (χ1) is 17.0. The number of esters is 2. The van der Waals surface area contributed by atoms with Crippen LogP contribution in [0.2, 0.25) is 0 Å². The van der Waals surface area contributed by atoms with Gasteiger partial charge in [-0.05, 0) is 52.7 Å². The minimum atomic E-state index is -1.94. The maximum absolute atomic E-state index is 12.8. The van der Waals surface area contributed by atoms with Crippen LogP contribution in [0, 0.1) is 10.8 Å². The molecular formula is C24H35N4O7P. The predicted molar refractivity (Wildman–Crippen MR) is 136 cm³/mol. The molecule has 36 heavy (non-hydrogen) atoms. The van der Waals surface area contributed by atoms with Gasteiger partial charge in [-0.3, -0.25) is 19.2 Å². The van der Waals surface area contributed by atoms with Crippen molar-refractivity contribution >= 4 is 44.4 Å². The minimum absolute atomic E-state index is 0.0336. The molecule has 11 nitrogen and oxygen atoms in total. The van der Waals surface area contributed by atoms with E-state index in [0.717, 1.165) is 0 Å². The molecule has 0 fully saturated rings. The van der Waals surface area contributed by atoms with Gasteiger partial charge < -0.3 is 24.8 Å². The van der Waals surface area contributed by atoms with Gasteiger partial charge in [0.15, 0.2) is 11.6 Å². The second-order valence-electron chi connectivity index (χ2n) is 8.33. The first kappa shape index (κ1) is 31.0. The van der Waals surface area contributed by atoms with Gasteiger partial charge in [0, 0.05) is 12.8 Å². The summed E-state index contributed by atoms with van der Waals surface area (Å²) in [6.45, 7) is 6.77. The van der Waals surface area contributed by atoms with Crippen molar-refractivity contribution in [2.45, 2.75) is 77.7 Å². The highest BCUT2D eigenvalue weighted by atomic mass is 31.2.